The van der Waals surface area contributed by atoms with Crippen LogP contribution >= 0.6 is 15.9 Å². The number of nitrogens with one attached hydrogen (secondary N) is 1. The third kappa shape index (κ3) is 3.00. The normalized spacial score (nSPS) is 10.1. The van der Waals surface area contributed by atoms with E-state index in [4.69, 9.17) is 5.11 Å². The fraction of sp³-hybridized carbons (Fsp3) is 0. The predicted molar refractivity (Wildman–Crippen MR) is 73.2 cm³/mol. The second-order valence-electron chi connectivity index (χ2n) is 3.78. The molecule has 0 radical (unpaired) electrons. The molecule has 2 rings (SSSR count). The highest BCUT2D eigenvalue weighted by Gasteiger charge is 2.16. The zero-order valence-corrected chi connectivity index (χ0v) is 11.5. The fourth-order valence-corrected chi connectivity index (χ4v) is 2.06. The molecule has 1 aromatic carbocycles. The van der Waals surface area contributed by atoms with Crippen molar-refractivity contribution < 1.29 is 19.1 Å². The van der Waals surface area contributed by atoms with E-state index >= 15 is 0 Å². The minimum Gasteiger partial charge on any atom is -0.478 e. The Kier molecular flexibility index (Phi) is 4.09. The van der Waals surface area contributed by atoms with Gasteiger partial charge in [-0.05, 0) is 46.3 Å². The molecule has 0 saturated carbocycles. The second kappa shape index (κ2) is 5.79. The number of amides is 1. The lowest BCUT2D eigenvalue weighted by Crippen LogP contribution is -2.16. The summed E-state index contributed by atoms with van der Waals surface area (Å²) in [6.45, 7) is 0. The summed E-state index contributed by atoms with van der Waals surface area (Å²) in [5.41, 5.74) is 0.0486. The Balaban J connectivity index is 2.30. The van der Waals surface area contributed by atoms with Crippen molar-refractivity contribution in [2.24, 2.45) is 0 Å². The molecule has 2 N–H and O–H groups in total. The summed E-state index contributed by atoms with van der Waals surface area (Å²) in [6.07, 6.45) is 1.36. The molecular weight excluding hydrogens is 331 g/mol. The SMILES string of the molecule is O=C(Nc1ncccc1C(=O)O)c1ccc(F)cc1Br. The molecule has 0 aliphatic rings. The predicted octanol–water partition coefficient (Wildman–Crippen LogP) is 2.93. The van der Waals surface area contributed by atoms with Crippen molar-refractivity contribution in [2.45, 2.75) is 0 Å². The van der Waals surface area contributed by atoms with E-state index < -0.39 is 17.7 Å². The lowest BCUT2D eigenvalue weighted by molar-refractivity contribution is 0.0697. The topological polar surface area (TPSA) is 79.3 Å². The maximum atomic E-state index is 13.0. The van der Waals surface area contributed by atoms with E-state index in [1.807, 2.05) is 0 Å². The van der Waals surface area contributed by atoms with Crippen LogP contribution in [0, 0.1) is 5.82 Å². The molecule has 7 heteroatoms. The van der Waals surface area contributed by atoms with Gasteiger partial charge in [-0.1, -0.05) is 0 Å². The smallest absolute Gasteiger partial charge is 0.339 e. The maximum absolute atomic E-state index is 13.0. The van der Waals surface area contributed by atoms with Crippen LogP contribution in [0.3, 0.4) is 0 Å². The molecule has 0 spiro atoms. The fourth-order valence-electron chi connectivity index (χ4n) is 1.53. The summed E-state index contributed by atoms with van der Waals surface area (Å²) >= 11 is 3.07. The van der Waals surface area contributed by atoms with Crippen molar-refractivity contribution in [1.29, 1.82) is 0 Å². The summed E-state index contributed by atoms with van der Waals surface area (Å²) in [5.74, 6) is -2.34. The van der Waals surface area contributed by atoms with Crippen LogP contribution in [-0.2, 0) is 0 Å². The van der Waals surface area contributed by atoms with Gasteiger partial charge in [-0.25, -0.2) is 14.2 Å². The number of aromatic nitrogens is 1. The minimum absolute atomic E-state index is 0.0683. The molecule has 102 valence electrons. The van der Waals surface area contributed by atoms with Crippen LogP contribution in [0.5, 0.6) is 0 Å². The molecule has 0 bridgehead atoms. The van der Waals surface area contributed by atoms with E-state index in [-0.39, 0.29) is 21.4 Å². The molecule has 0 aliphatic carbocycles. The first-order chi connectivity index (χ1) is 9.49. The number of aromatic carboxylic acids is 1. The number of carbonyl (C=O) groups excluding carboxylic acids is 1. The molecule has 1 aromatic heterocycles. The molecular formula is C13H8BrFN2O3. The zero-order chi connectivity index (χ0) is 14.7. The van der Waals surface area contributed by atoms with Crippen molar-refractivity contribution >= 4 is 33.6 Å². The van der Waals surface area contributed by atoms with Gasteiger partial charge in [0.25, 0.3) is 5.91 Å². The number of carboxylic acids is 1. The molecule has 1 heterocycles. The van der Waals surface area contributed by atoms with Gasteiger partial charge in [0.2, 0.25) is 0 Å². The third-order valence-electron chi connectivity index (χ3n) is 2.45. The molecule has 20 heavy (non-hydrogen) atoms. The number of halogens is 2. The van der Waals surface area contributed by atoms with Crippen LogP contribution in [0.2, 0.25) is 0 Å². The average Bonchev–Trinajstić information content (AvgIpc) is 2.38. The van der Waals surface area contributed by atoms with Crippen molar-refractivity contribution in [3.05, 3.63) is 57.9 Å². The quantitative estimate of drug-likeness (QED) is 0.901. The van der Waals surface area contributed by atoms with Gasteiger partial charge < -0.3 is 10.4 Å². The molecule has 0 saturated heterocycles. The Morgan fingerprint density at radius 3 is 2.65 bits per heavy atom. The monoisotopic (exact) mass is 338 g/mol. The van der Waals surface area contributed by atoms with Crippen LogP contribution < -0.4 is 5.32 Å². The van der Waals surface area contributed by atoms with Gasteiger partial charge in [-0.3, -0.25) is 4.79 Å². The number of rotatable bonds is 3. The summed E-state index contributed by atoms with van der Waals surface area (Å²) in [7, 11) is 0. The lowest BCUT2D eigenvalue weighted by atomic mass is 10.2. The van der Waals surface area contributed by atoms with Gasteiger partial charge in [-0.15, -0.1) is 0 Å². The number of benzene rings is 1. The third-order valence-corrected chi connectivity index (χ3v) is 3.10. The van der Waals surface area contributed by atoms with E-state index in [0.717, 1.165) is 12.1 Å². The highest BCUT2D eigenvalue weighted by atomic mass is 79.9. The van der Waals surface area contributed by atoms with Crippen LogP contribution in [0.1, 0.15) is 20.7 Å². The Labute approximate surface area is 121 Å². The standard InChI is InChI=1S/C13H8BrFN2O3/c14-10-6-7(15)3-4-8(10)12(18)17-11-9(13(19)20)2-1-5-16-11/h1-6H,(H,19,20)(H,16,17,18). The van der Waals surface area contributed by atoms with Crippen molar-refractivity contribution in [3.8, 4) is 0 Å². The number of pyridine rings is 1. The van der Waals surface area contributed by atoms with Crippen LogP contribution in [0.15, 0.2) is 41.0 Å². The van der Waals surface area contributed by atoms with Crippen LogP contribution in [-0.4, -0.2) is 22.0 Å². The van der Waals surface area contributed by atoms with Crippen molar-refractivity contribution in [3.63, 3.8) is 0 Å². The van der Waals surface area contributed by atoms with Gasteiger partial charge in [0.05, 0.1) is 5.56 Å². The first-order valence-electron chi connectivity index (χ1n) is 5.44. The van der Waals surface area contributed by atoms with Crippen molar-refractivity contribution in [2.75, 3.05) is 5.32 Å². The van der Waals surface area contributed by atoms with Crippen LogP contribution in [0.25, 0.3) is 0 Å². The first kappa shape index (κ1) is 14.1. The number of anilines is 1. The maximum Gasteiger partial charge on any atom is 0.339 e. The average molecular weight is 339 g/mol. The number of hydrogen-bond donors (Lipinski definition) is 2. The number of nitrogens with zero attached hydrogens (tertiary/aromatic N) is 1. The Bertz CT molecular complexity index is 691. The molecule has 0 aliphatic heterocycles. The number of hydrogen-bond acceptors (Lipinski definition) is 3. The Morgan fingerprint density at radius 2 is 2.00 bits per heavy atom. The zero-order valence-electron chi connectivity index (χ0n) is 9.93. The minimum atomic E-state index is -1.20. The largest absolute Gasteiger partial charge is 0.478 e. The van der Waals surface area contributed by atoms with E-state index in [2.05, 4.69) is 26.2 Å². The Hall–Kier alpha value is -2.28. The van der Waals surface area contributed by atoms with E-state index in [1.54, 1.807) is 0 Å². The summed E-state index contributed by atoms with van der Waals surface area (Å²) < 4.78 is 13.2. The van der Waals surface area contributed by atoms with Gasteiger partial charge in [0.1, 0.15) is 17.2 Å². The van der Waals surface area contributed by atoms with Gasteiger partial charge in [0, 0.05) is 10.7 Å². The molecule has 2 aromatic rings. The lowest BCUT2D eigenvalue weighted by Gasteiger charge is -2.08. The molecule has 1 amide bonds. The molecule has 5 nitrogen and oxygen atoms in total. The second-order valence-corrected chi connectivity index (χ2v) is 4.64. The first-order valence-corrected chi connectivity index (χ1v) is 6.23. The molecule has 0 unspecified atom stereocenters. The summed E-state index contributed by atoms with van der Waals surface area (Å²) in [5, 5.41) is 11.4. The highest BCUT2D eigenvalue weighted by Crippen LogP contribution is 2.20. The van der Waals surface area contributed by atoms with E-state index in [1.165, 1.54) is 24.4 Å². The van der Waals surface area contributed by atoms with Gasteiger partial charge in [0.15, 0.2) is 0 Å². The van der Waals surface area contributed by atoms with E-state index in [0.29, 0.717) is 0 Å². The van der Waals surface area contributed by atoms with Crippen LogP contribution in [0.4, 0.5) is 10.2 Å². The van der Waals surface area contributed by atoms with Crippen molar-refractivity contribution in [1.82, 2.24) is 4.98 Å². The Morgan fingerprint density at radius 1 is 1.25 bits per heavy atom. The highest BCUT2D eigenvalue weighted by molar-refractivity contribution is 9.10. The molecule has 0 fully saturated rings. The summed E-state index contributed by atoms with van der Waals surface area (Å²) in [4.78, 5) is 26.8. The number of carboxylic acid groups (broad SMARTS) is 1. The van der Waals surface area contributed by atoms with E-state index in [9.17, 15) is 14.0 Å². The van der Waals surface area contributed by atoms with Gasteiger partial charge in [-0.2, -0.15) is 0 Å². The molecule has 0 atom stereocenters. The van der Waals surface area contributed by atoms with Gasteiger partial charge >= 0.3 is 5.97 Å². The summed E-state index contributed by atoms with van der Waals surface area (Å²) in [6, 6.07) is 6.34. The number of carbonyl (C=O) groups is 2.